The SMILES string of the molecule is CC1CN(C(=O)C(C)(C)Br)CC(=O)N1. The van der Waals surface area contributed by atoms with Gasteiger partial charge in [-0.15, -0.1) is 0 Å². The summed E-state index contributed by atoms with van der Waals surface area (Å²) < 4.78 is -0.593. The lowest BCUT2D eigenvalue weighted by Gasteiger charge is -2.34. The lowest BCUT2D eigenvalue weighted by atomic mass is 10.1. The van der Waals surface area contributed by atoms with E-state index in [0.717, 1.165) is 0 Å². The zero-order chi connectivity index (χ0) is 10.9. The Morgan fingerprint density at radius 3 is 2.64 bits per heavy atom. The number of alkyl halides is 1. The molecule has 14 heavy (non-hydrogen) atoms. The molecule has 0 bridgehead atoms. The Bertz CT molecular complexity index is 260. The third kappa shape index (κ3) is 2.70. The number of nitrogens with zero attached hydrogens (tertiary/aromatic N) is 1. The van der Waals surface area contributed by atoms with Crippen molar-refractivity contribution in [2.24, 2.45) is 0 Å². The maximum Gasteiger partial charge on any atom is 0.239 e. The van der Waals surface area contributed by atoms with Gasteiger partial charge in [0.15, 0.2) is 0 Å². The van der Waals surface area contributed by atoms with E-state index in [9.17, 15) is 9.59 Å². The molecule has 1 aliphatic heterocycles. The van der Waals surface area contributed by atoms with Crippen molar-refractivity contribution in [1.29, 1.82) is 0 Å². The summed E-state index contributed by atoms with van der Waals surface area (Å²) in [5, 5.41) is 2.77. The lowest BCUT2D eigenvalue weighted by Crippen LogP contribution is -2.57. The number of rotatable bonds is 1. The second-order valence-corrected chi connectivity index (χ2v) is 6.11. The van der Waals surface area contributed by atoms with Crippen LogP contribution < -0.4 is 5.32 Å². The predicted molar refractivity (Wildman–Crippen MR) is 57.2 cm³/mol. The molecule has 4 nitrogen and oxygen atoms in total. The monoisotopic (exact) mass is 262 g/mol. The Labute approximate surface area is 92.2 Å². The molecule has 1 saturated heterocycles. The fourth-order valence-electron chi connectivity index (χ4n) is 1.47. The molecular formula is C9H15BrN2O2. The summed E-state index contributed by atoms with van der Waals surface area (Å²) >= 11 is 3.30. The Morgan fingerprint density at radius 1 is 1.64 bits per heavy atom. The van der Waals surface area contributed by atoms with E-state index in [2.05, 4.69) is 21.2 Å². The van der Waals surface area contributed by atoms with Crippen molar-refractivity contribution >= 4 is 27.7 Å². The number of carbonyl (C=O) groups is 2. The van der Waals surface area contributed by atoms with E-state index in [4.69, 9.17) is 0 Å². The highest BCUT2D eigenvalue weighted by Crippen LogP contribution is 2.20. The average molecular weight is 263 g/mol. The van der Waals surface area contributed by atoms with Crippen molar-refractivity contribution in [3.8, 4) is 0 Å². The Morgan fingerprint density at radius 2 is 2.21 bits per heavy atom. The molecule has 5 heteroatoms. The first-order chi connectivity index (χ1) is 6.30. The largest absolute Gasteiger partial charge is 0.350 e. The molecule has 1 N–H and O–H groups in total. The van der Waals surface area contributed by atoms with E-state index in [0.29, 0.717) is 6.54 Å². The number of carbonyl (C=O) groups excluding carboxylic acids is 2. The van der Waals surface area contributed by atoms with Crippen LogP contribution in [0.15, 0.2) is 0 Å². The van der Waals surface area contributed by atoms with Gasteiger partial charge in [0.25, 0.3) is 0 Å². The number of hydrogen-bond donors (Lipinski definition) is 1. The topological polar surface area (TPSA) is 49.4 Å². The third-order valence-corrected chi connectivity index (χ3v) is 2.37. The molecule has 0 aromatic carbocycles. The number of hydrogen-bond acceptors (Lipinski definition) is 2. The van der Waals surface area contributed by atoms with Crippen LogP contribution in [-0.2, 0) is 9.59 Å². The number of amides is 2. The molecule has 2 amide bonds. The van der Waals surface area contributed by atoms with Gasteiger partial charge in [-0.3, -0.25) is 9.59 Å². The van der Waals surface area contributed by atoms with Gasteiger partial charge in [-0.25, -0.2) is 0 Å². The first kappa shape index (κ1) is 11.5. The molecule has 1 aliphatic rings. The zero-order valence-electron chi connectivity index (χ0n) is 8.63. The van der Waals surface area contributed by atoms with E-state index in [1.165, 1.54) is 0 Å². The Hall–Kier alpha value is -0.580. The quantitative estimate of drug-likeness (QED) is 0.701. The van der Waals surface area contributed by atoms with Crippen LogP contribution in [0.1, 0.15) is 20.8 Å². The summed E-state index contributed by atoms with van der Waals surface area (Å²) in [4.78, 5) is 24.6. The van der Waals surface area contributed by atoms with Crippen LogP contribution in [0.25, 0.3) is 0 Å². The summed E-state index contributed by atoms with van der Waals surface area (Å²) in [5.41, 5.74) is 0. The van der Waals surface area contributed by atoms with Crippen molar-refractivity contribution in [3.05, 3.63) is 0 Å². The normalized spacial score (nSPS) is 23.3. The summed E-state index contributed by atoms with van der Waals surface area (Å²) in [6.07, 6.45) is 0. The van der Waals surface area contributed by atoms with Gasteiger partial charge in [0.1, 0.15) is 0 Å². The molecule has 1 rings (SSSR count). The summed E-state index contributed by atoms with van der Waals surface area (Å²) in [6.45, 7) is 6.20. The van der Waals surface area contributed by atoms with E-state index in [1.807, 2.05) is 6.92 Å². The van der Waals surface area contributed by atoms with Gasteiger partial charge in [-0.05, 0) is 20.8 Å². The van der Waals surface area contributed by atoms with Crippen LogP contribution in [0.5, 0.6) is 0 Å². The van der Waals surface area contributed by atoms with Crippen LogP contribution in [0.2, 0.25) is 0 Å². The smallest absolute Gasteiger partial charge is 0.239 e. The molecule has 1 unspecified atom stereocenters. The highest BCUT2D eigenvalue weighted by atomic mass is 79.9. The molecule has 0 saturated carbocycles. The van der Waals surface area contributed by atoms with Crippen molar-refractivity contribution in [1.82, 2.24) is 10.2 Å². The molecule has 0 aromatic heterocycles. The van der Waals surface area contributed by atoms with Crippen molar-refractivity contribution in [3.63, 3.8) is 0 Å². The Balaban J connectivity index is 2.69. The number of halogens is 1. The van der Waals surface area contributed by atoms with Crippen LogP contribution in [-0.4, -0.2) is 40.2 Å². The minimum absolute atomic E-state index is 0.0371. The fraction of sp³-hybridized carbons (Fsp3) is 0.778. The maximum absolute atomic E-state index is 11.8. The second-order valence-electron chi connectivity index (χ2n) is 4.13. The molecule has 1 atom stereocenters. The van der Waals surface area contributed by atoms with Crippen LogP contribution in [0.3, 0.4) is 0 Å². The second kappa shape index (κ2) is 3.88. The summed E-state index contributed by atoms with van der Waals surface area (Å²) in [6, 6.07) is 0.0371. The van der Waals surface area contributed by atoms with Gasteiger partial charge < -0.3 is 10.2 Å². The summed E-state index contributed by atoms with van der Waals surface area (Å²) in [7, 11) is 0. The van der Waals surface area contributed by atoms with Crippen LogP contribution >= 0.6 is 15.9 Å². The van der Waals surface area contributed by atoms with Gasteiger partial charge >= 0.3 is 0 Å². The minimum Gasteiger partial charge on any atom is -0.350 e. The fourth-order valence-corrected chi connectivity index (χ4v) is 1.72. The predicted octanol–water partition coefficient (Wildman–Crippen LogP) is 0.507. The molecule has 80 valence electrons. The van der Waals surface area contributed by atoms with Gasteiger partial charge in [0.2, 0.25) is 11.8 Å². The molecular weight excluding hydrogens is 248 g/mol. The first-order valence-electron chi connectivity index (χ1n) is 4.58. The third-order valence-electron chi connectivity index (χ3n) is 2.03. The molecule has 0 spiro atoms. The molecule has 1 fully saturated rings. The van der Waals surface area contributed by atoms with E-state index in [-0.39, 0.29) is 24.4 Å². The van der Waals surface area contributed by atoms with Gasteiger partial charge in [0, 0.05) is 12.6 Å². The molecule has 0 radical (unpaired) electrons. The van der Waals surface area contributed by atoms with E-state index < -0.39 is 4.32 Å². The molecule has 1 heterocycles. The average Bonchev–Trinajstić information content (AvgIpc) is 1.99. The minimum atomic E-state index is -0.593. The maximum atomic E-state index is 11.8. The number of piperazine rings is 1. The first-order valence-corrected chi connectivity index (χ1v) is 5.37. The highest BCUT2D eigenvalue weighted by Gasteiger charge is 2.33. The van der Waals surface area contributed by atoms with E-state index in [1.54, 1.807) is 18.7 Å². The summed E-state index contributed by atoms with van der Waals surface area (Å²) in [5.74, 6) is -0.131. The van der Waals surface area contributed by atoms with Crippen molar-refractivity contribution < 1.29 is 9.59 Å². The van der Waals surface area contributed by atoms with Crippen LogP contribution in [0, 0.1) is 0 Å². The standard InChI is InChI=1S/C9H15BrN2O2/c1-6-4-12(5-7(13)11-6)8(14)9(2,3)10/h6H,4-5H2,1-3H3,(H,11,13). The van der Waals surface area contributed by atoms with Crippen molar-refractivity contribution in [2.45, 2.75) is 31.1 Å². The molecule has 0 aromatic rings. The zero-order valence-corrected chi connectivity index (χ0v) is 10.2. The highest BCUT2D eigenvalue weighted by molar-refractivity contribution is 9.10. The van der Waals surface area contributed by atoms with E-state index >= 15 is 0 Å². The van der Waals surface area contributed by atoms with Gasteiger partial charge in [-0.1, -0.05) is 15.9 Å². The number of nitrogens with one attached hydrogen (secondary N) is 1. The molecule has 0 aliphatic carbocycles. The van der Waals surface area contributed by atoms with Gasteiger partial charge in [-0.2, -0.15) is 0 Å². The van der Waals surface area contributed by atoms with Gasteiger partial charge in [0.05, 0.1) is 10.9 Å². The van der Waals surface area contributed by atoms with Crippen LogP contribution in [0.4, 0.5) is 0 Å². The Kier molecular flexibility index (Phi) is 3.19. The van der Waals surface area contributed by atoms with Crippen molar-refractivity contribution in [2.75, 3.05) is 13.1 Å². The lowest BCUT2D eigenvalue weighted by molar-refractivity contribution is -0.140.